The Morgan fingerprint density at radius 1 is 1.26 bits per heavy atom. The molecule has 1 unspecified atom stereocenters. The molecule has 0 bridgehead atoms. The van der Waals surface area contributed by atoms with Crippen molar-refractivity contribution in [1.29, 1.82) is 0 Å². The fraction of sp³-hybridized carbons (Fsp3) is 0.846. The number of hydrogen-bond acceptors (Lipinski definition) is 5. The highest BCUT2D eigenvalue weighted by Crippen LogP contribution is 2.23. The van der Waals surface area contributed by atoms with Crippen molar-refractivity contribution in [3.63, 3.8) is 0 Å². The van der Waals surface area contributed by atoms with Gasteiger partial charge >= 0.3 is 0 Å². The summed E-state index contributed by atoms with van der Waals surface area (Å²) < 4.78 is 0. The third-order valence-corrected chi connectivity index (χ3v) is 4.77. The van der Waals surface area contributed by atoms with Crippen molar-refractivity contribution in [3.05, 3.63) is 0 Å². The van der Waals surface area contributed by atoms with Gasteiger partial charge in [-0.2, -0.15) is 0 Å². The fourth-order valence-electron chi connectivity index (χ4n) is 2.60. The summed E-state index contributed by atoms with van der Waals surface area (Å²) in [7, 11) is 2.14. The third-order valence-electron chi connectivity index (χ3n) is 3.79. The summed E-state index contributed by atoms with van der Waals surface area (Å²) >= 11 is 1.31. The number of rotatable bonds is 4. The van der Waals surface area contributed by atoms with Gasteiger partial charge in [0.1, 0.15) is 0 Å². The van der Waals surface area contributed by atoms with Crippen molar-refractivity contribution < 1.29 is 9.59 Å². The summed E-state index contributed by atoms with van der Waals surface area (Å²) in [6.07, 6.45) is 0.521. The molecular formula is C13H23N3O2S. The van der Waals surface area contributed by atoms with Crippen LogP contribution in [0, 0.1) is 0 Å². The second kappa shape index (κ2) is 6.72. The lowest BCUT2D eigenvalue weighted by Crippen LogP contribution is -2.47. The van der Waals surface area contributed by atoms with Crippen molar-refractivity contribution in [1.82, 2.24) is 14.7 Å². The van der Waals surface area contributed by atoms with E-state index in [0.29, 0.717) is 6.42 Å². The van der Waals surface area contributed by atoms with Crippen molar-refractivity contribution >= 4 is 22.8 Å². The number of carbonyl (C=O) groups is 2. The average Bonchev–Trinajstić information content (AvgIpc) is 2.68. The van der Waals surface area contributed by atoms with Gasteiger partial charge in [0.05, 0.1) is 0 Å². The molecule has 0 saturated carbocycles. The Bertz CT molecular complexity index is 343. The number of hydrogen-bond donors (Lipinski definition) is 0. The second-order valence-corrected chi connectivity index (χ2v) is 6.90. The lowest BCUT2D eigenvalue weighted by Gasteiger charge is -2.33. The maximum absolute atomic E-state index is 11.9. The molecule has 0 aromatic heterocycles. The Morgan fingerprint density at radius 3 is 2.58 bits per heavy atom. The van der Waals surface area contributed by atoms with Gasteiger partial charge in [0.2, 0.25) is 5.91 Å². The topological polar surface area (TPSA) is 43.9 Å². The summed E-state index contributed by atoms with van der Waals surface area (Å²) in [5.41, 5.74) is 0. The van der Waals surface area contributed by atoms with Crippen LogP contribution in [-0.4, -0.2) is 83.8 Å². The van der Waals surface area contributed by atoms with Crippen LogP contribution < -0.4 is 0 Å². The molecule has 2 rings (SSSR count). The Balaban J connectivity index is 1.71. The number of likely N-dealkylation sites (N-methyl/N-ethyl adjacent to an activating group) is 1. The number of thioether (sulfide) groups is 1. The first-order chi connectivity index (χ1) is 9.04. The van der Waals surface area contributed by atoms with E-state index >= 15 is 0 Å². The van der Waals surface area contributed by atoms with E-state index in [9.17, 15) is 9.59 Å². The maximum atomic E-state index is 11.9. The van der Waals surface area contributed by atoms with Gasteiger partial charge in [-0.1, -0.05) is 11.8 Å². The molecule has 0 aromatic carbocycles. The Morgan fingerprint density at radius 2 is 1.95 bits per heavy atom. The van der Waals surface area contributed by atoms with E-state index in [1.165, 1.54) is 11.8 Å². The summed E-state index contributed by atoms with van der Waals surface area (Å²) in [6, 6.07) is 0. The van der Waals surface area contributed by atoms with Gasteiger partial charge in [0.15, 0.2) is 5.12 Å². The first-order valence-electron chi connectivity index (χ1n) is 6.90. The third kappa shape index (κ3) is 4.47. The highest BCUT2D eigenvalue weighted by atomic mass is 32.2. The van der Waals surface area contributed by atoms with E-state index in [4.69, 9.17) is 0 Å². The van der Waals surface area contributed by atoms with Crippen molar-refractivity contribution in [2.24, 2.45) is 0 Å². The summed E-state index contributed by atoms with van der Waals surface area (Å²) in [5.74, 6) is 0.202. The summed E-state index contributed by atoms with van der Waals surface area (Å²) in [4.78, 5) is 29.6. The van der Waals surface area contributed by atoms with Crippen molar-refractivity contribution in [3.8, 4) is 0 Å². The molecule has 1 amide bonds. The van der Waals surface area contributed by atoms with Crippen LogP contribution in [0.25, 0.3) is 0 Å². The van der Waals surface area contributed by atoms with E-state index in [2.05, 4.69) is 16.8 Å². The quantitative estimate of drug-likeness (QED) is 0.734. The van der Waals surface area contributed by atoms with Crippen molar-refractivity contribution in [2.45, 2.75) is 18.6 Å². The molecule has 2 aliphatic rings. The Kier molecular flexibility index (Phi) is 5.24. The average molecular weight is 285 g/mol. The molecule has 2 aliphatic heterocycles. The molecule has 1 atom stereocenters. The zero-order chi connectivity index (χ0) is 13.8. The molecule has 0 aliphatic carbocycles. The van der Waals surface area contributed by atoms with Gasteiger partial charge in [-0.3, -0.25) is 14.5 Å². The van der Waals surface area contributed by atoms with Crippen LogP contribution in [0.1, 0.15) is 13.3 Å². The predicted molar refractivity (Wildman–Crippen MR) is 77.2 cm³/mol. The Labute approximate surface area is 119 Å². The molecule has 2 fully saturated rings. The van der Waals surface area contributed by atoms with E-state index < -0.39 is 0 Å². The van der Waals surface area contributed by atoms with Crippen LogP contribution in [0.3, 0.4) is 0 Å². The molecular weight excluding hydrogens is 262 g/mol. The summed E-state index contributed by atoms with van der Waals surface area (Å²) in [5, 5.41) is 0.274. The van der Waals surface area contributed by atoms with Gasteiger partial charge in [-0.05, 0) is 7.05 Å². The van der Waals surface area contributed by atoms with Gasteiger partial charge < -0.3 is 9.80 Å². The molecule has 0 radical (unpaired) electrons. The van der Waals surface area contributed by atoms with Gasteiger partial charge in [0.25, 0.3) is 0 Å². The number of nitrogens with zero attached hydrogens (tertiary/aromatic N) is 3. The molecule has 0 spiro atoms. The van der Waals surface area contributed by atoms with E-state index in [1.807, 2.05) is 4.90 Å². The minimum absolute atomic E-state index is 0.110. The van der Waals surface area contributed by atoms with Crippen molar-refractivity contribution in [2.75, 3.05) is 52.9 Å². The lowest BCUT2D eigenvalue weighted by atomic mass is 10.3. The molecule has 2 heterocycles. The normalized spacial score (nSPS) is 26.1. The highest BCUT2D eigenvalue weighted by Gasteiger charge is 2.30. The SMILES string of the molecule is CC(=O)SC1CC(=O)N(CCN2CCN(C)CC2)C1. The first kappa shape index (κ1) is 14.8. The van der Waals surface area contributed by atoms with Crippen LogP contribution in [0.15, 0.2) is 0 Å². The molecule has 19 heavy (non-hydrogen) atoms. The molecule has 108 valence electrons. The van der Waals surface area contributed by atoms with Crippen LogP contribution >= 0.6 is 11.8 Å². The van der Waals surface area contributed by atoms with E-state index in [-0.39, 0.29) is 16.3 Å². The van der Waals surface area contributed by atoms with Crippen LogP contribution in [0.5, 0.6) is 0 Å². The highest BCUT2D eigenvalue weighted by molar-refractivity contribution is 8.14. The zero-order valence-electron chi connectivity index (χ0n) is 11.8. The molecule has 6 heteroatoms. The predicted octanol–water partition coefficient (Wildman–Crippen LogP) is 0.114. The Hall–Kier alpha value is -0.590. The lowest BCUT2D eigenvalue weighted by molar-refractivity contribution is -0.127. The fourth-order valence-corrected chi connectivity index (χ4v) is 3.55. The molecule has 0 N–H and O–H groups in total. The van der Waals surface area contributed by atoms with Crippen LogP contribution in [0.4, 0.5) is 0 Å². The zero-order valence-corrected chi connectivity index (χ0v) is 12.6. The van der Waals surface area contributed by atoms with E-state index in [0.717, 1.165) is 45.8 Å². The van der Waals surface area contributed by atoms with E-state index in [1.54, 1.807) is 6.92 Å². The number of carbonyl (C=O) groups excluding carboxylic acids is 2. The minimum Gasteiger partial charge on any atom is -0.340 e. The molecule has 0 aromatic rings. The van der Waals surface area contributed by atoms with Gasteiger partial charge in [0, 0.05) is 64.4 Å². The first-order valence-corrected chi connectivity index (χ1v) is 7.78. The largest absolute Gasteiger partial charge is 0.340 e. The summed E-state index contributed by atoms with van der Waals surface area (Å²) in [6.45, 7) is 8.45. The van der Waals surface area contributed by atoms with Gasteiger partial charge in [-0.15, -0.1) is 0 Å². The van der Waals surface area contributed by atoms with Crippen LogP contribution in [0.2, 0.25) is 0 Å². The van der Waals surface area contributed by atoms with Crippen LogP contribution in [-0.2, 0) is 9.59 Å². The molecule has 2 saturated heterocycles. The number of amides is 1. The monoisotopic (exact) mass is 285 g/mol. The molecule has 5 nitrogen and oxygen atoms in total. The smallest absolute Gasteiger partial charge is 0.223 e. The maximum Gasteiger partial charge on any atom is 0.223 e. The number of likely N-dealkylation sites (tertiary alicyclic amines) is 1. The van der Waals surface area contributed by atoms with Gasteiger partial charge in [-0.25, -0.2) is 0 Å². The number of piperazine rings is 1. The second-order valence-electron chi connectivity index (χ2n) is 5.42. The standard InChI is InChI=1S/C13H23N3O2S/c1-11(17)19-12-9-13(18)16(10-12)8-7-15-5-3-14(2)4-6-15/h12H,3-10H2,1-2H3. The minimum atomic E-state index is 0.110.